The first-order chi connectivity index (χ1) is 32.0. The first kappa shape index (κ1) is 10.9. The number of phenolic OH excluding ortho intramolecular Hbond substituents is 2. The monoisotopic (exact) mass is 594 g/mol. The van der Waals surface area contributed by atoms with Gasteiger partial charge in [-0.1, -0.05) is 121 Å². The van der Waals surface area contributed by atoms with Crippen LogP contribution in [0.5, 0.6) is 11.5 Å². The van der Waals surface area contributed by atoms with Crippen molar-refractivity contribution in [1.82, 2.24) is 15.0 Å². The van der Waals surface area contributed by atoms with Crippen molar-refractivity contribution in [2.45, 2.75) is 0 Å². The Balaban J connectivity index is 1.71. The fourth-order valence-corrected chi connectivity index (χ4v) is 3.80. The SMILES string of the molecule is [2H]c1c([2H])c([2H])c(-c2c([2H])c([2H])c([2H])c(-c3nc(-c4c([2H])c([2H])c([2H])c(-c5c([2H])c([2H])c([2H])c([2H])c5O)c4[2H])nc(-c4c([2H])c([2H])c([2H])c(-c5c([2H])c([2H])c([2H])c([2H])c5O)c4[2H])n3)c2[2H])c([2H])c1[2H]. The zero-order chi connectivity index (χ0) is 51.6. The van der Waals surface area contributed by atoms with Crippen LogP contribution in [-0.2, 0) is 0 Å². The van der Waals surface area contributed by atoms with Crippen LogP contribution in [0.1, 0.15) is 34.3 Å². The van der Waals surface area contributed by atoms with Gasteiger partial charge < -0.3 is 10.2 Å². The minimum absolute atomic E-state index is 0.785. The van der Waals surface area contributed by atoms with Gasteiger partial charge in [0.1, 0.15) is 11.5 Å². The van der Waals surface area contributed by atoms with Gasteiger partial charge in [0, 0.05) is 27.8 Å². The van der Waals surface area contributed by atoms with Crippen molar-refractivity contribution in [3.63, 3.8) is 0 Å². The van der Waals surface area contributed by atoms with E-state index in [0.717, 1.165) is 0 Å². The van der Waals surface area contributed by atoms with Gasteiger partial charge in [-0.05, 0) is 52.5 Å². The van der Waals surface area contributed by atoms with Crippen LogP contribution in [0.3, 0.4) is 0 Å². The van der Waals surface area contributed by atoms with Crippen molar-refractivity contribution in [2.24, 2.45) is 0 Å². The van der Waals surface area contributed by atoms with Gasteiger partial charge in [-0.15, -0.1) is 0 Å². The standard InChI is InChI=1S/C39H27N3O2/c43-35-21-6-4-19-33(35)28-14-9-17-31(24-28)38-40-37(30-16-8-13-27(23-30)26-11-2-1-3-12-26)41-39(42-38)32-18-10-15-29(25-32)34-20-5-7-22-36(34)44/h1-25,43-44H/i1D,2D,3D,4D,5D,6D,7D,8D,9D,10D,11D,12D,13D,14D,15D,16D,17D,18D,19D,20D,21D,22D,23D,24D,25D. The molecule has 7 rings (SSSR count). The lowest BCUT2D eigenvalue weighted by Crippen LogP contribution is -2.00. The van der Waals surface area contributed by atoms with Crippen LogP contribution in [0.15, 0.2) is 151 Å². The van der Waals surface area contributed by atoms with Crippen LogP contribution in [0.2, 0.25) is 0 Å². The number of hydrogen-bond acceptors (Lipinski definition) is 5. The van der Waals surface area contributed by atoms with E-state index >= 15 is 0 Å². The average molecular weight is 595 g/mol. The molecule has 0 aliphatic rings. The molecule has 0 saturated heterocycles. The van der Waals surface area contributed by atoms with E-state index in [1.54, 1.807) is 0 Å². The molecular formula is C39H27N3O2. The van der Waals surface area contributed by atoms with E-state index in [1.165, 1.54) is 0 Å². The number of aromatic hydroxyl groups is 2. The van der Waals surface area contributed by atoms with Crippen LogP contribution >= 0.6 is 0 Å². The third-order valence-electron chi connectivity index (χ3n) is 5.77. The summed E-state index contributed by atoms with van der Waals surface area (Å²) in [7, 11) is 0. The topological polar surface area (TPSA) is 79.1 Å². The Bertz CT molecular complexity index is 3030. The van der Waals surface area contributed by atoms with Crippen LogP contribution in [0.25, 0.3) is 67.5 Å². The summed E-state index contributed by atoms with van der Waals surface area (Å²) in [6, 6.07) is -25.1. The predicted octanol–water partition coefficient (Wildman–Crippen LogP) is 9.28. The lowest BCUT2D eigenvalue weighted by Gasteiger charge is -2.12. The predicted molar refractivity (Wildman–Crippen MR) is 176 cm³/mol. The Labute approximate surface area is 290 Å². The summed E-state index contributed by atoms with van der Waals surface area (Å²) in [5.41, 5.74) is -7.93. The number of benzene rings is 6. The van der Waals surface area contributed by atoms with Gasteiger partial charge in [0.2, 0.25) is 0 Å². The number of rotatable bonds is 6. The number of para-hydroxylation sites is 2. The fourth-order valence-electron chi connectivity index (χ4n) is 3.80. The minimum Gasteiger partial charge on any atom is -0.507 e. The van der Waals surface area contributed by atoms with Crippen molar-refractivity contribution < 1.29 is 44.5 Å². The fraction of sp³-hybridized carbons (Fsp3) is 0. The Hall–Kier alpha value is -6.07. The molecule has 2 N–H and O–H groups in total. The first-order valence-corrected chi connectivity index (χ1v) is 12.3. The van der Waals surface area contributed by atoms with Crippen LogP contribution < -0.4 is 0 Å². The summed E-state index contributed by atoms with van der Waals surface area (Å²) in [5, 5.41) is 22.1. The molecule has 5 nitrogen and oxygen atoms in total. The number of aromatic nitrogens is 3. The van der Waals surface area contributed by atoms with Crippen LogP contribution in [0.4, 0.5) is 0 Å². The summed E-state index contributed by atoms with van der Waals surface area (Å²) in [5.74, 6) is -5.38. The van der Waals surface area contributed by atoms with Gasteiger partial charge in [-0.25, -0.2) is 15.0 Å². The van der Waals surface area contributed by atoms with Gasteiger partial charge in [0.25, 0.3) is 0 Å². The van der Waals surface area contributed by atoms with Crippen molar-refractivity contribution in [1.29, 1.82) is 0 Å². The molecule has 7 aromatic rings. The van der Waals surface area contributed by atoms with Crippen molar-refractivity contribution >= 4 is 0 Å². The second-order valence-electron chi connectivity index (χ2n) is 8.50. The van der Waals surface area contributed by atoms with Crippen molar-refractivity contribution in [3.8, 4) is 79.0 Å². The largest absolute Gasteiger partial charge is 0.507 e. The van der Waals surface area contributed by atoms with Gasteiger partial charge in [0.15, 0.2) is 17.5 Å². The molecular weight excluding hydrogens is 542 g/mol. The molecule has 5 heteroatoms. The van der Waals surface area contributed by atoms with Gasteiger partial charge in [-0.2, -0.15) is 0 Å². The van der Waals surface area contributed by atoms with E-state index in [4.69, 9.17) is 30.2 Å². The number of nitrogens with zero attached hydrogens (tertiary/aromatic N) is 3. The van der Waals surface area contributed by atoms with Gasteiger partial charge >= 0.3 is 0 Å². The third-order valence-corrected chi connectivity index (χ3v) is 5.77. The first-order valence-electron chi connectivity index (χ1n) is 24.8. The normalized spacial score (nSPS) is 18.9. The Kier molecular flexibility index (Phi) is 2.89. The summed E-state index contributed by atoms with van der Waals surface area (Å²) < 4.78 is 215. The summed E-state index contributed by atoms with van der Waals surface area (Å²) in [6.07, 6.45) is 0. The second kappa shape index (κ2) is 11.7. The molecule has 0 aliphatic heterocycles. The highest BCUT2D eigenvalue weighted by atomic mass is 16.3. The van der Waals surface area contributed by atoms with Crippen LogP contribution in [-0.4, -0.2) is 25.2 Å². The van der Waals surface area contributed by atoms with Crippen molar-refractivity contribution in [3.05, 3.63) is 151 Å². The highest BCUT2D eigenvalue weighted by Crippen LogP contribution is 2.34. The summed E-state index contributed by atoms with van der Waals surface area (Å²) in [4.78, 5) is 12.7. The molecule has 6 aromatic carbocycles. The molecule has 44 heavy (non-hydrogen) atoms. The van der Waals surface area contributed by atoms with Gasteiger partial charge in [-0.3, -0.25) is 0 Å². The Morgan fingerprint density at radius 3 is 1.16 bits per heavy atom. The van der Waals surface area contributed by atoms with E-state index in [9.17, 15) is 14.3 Å². The third kappa shape index (κ3) is 5.42. The summed E-state index contributed by atoms with van der Waals surface area (Å²) >= 11 is 0. The molecule has 0 bridgehead atoms. The molecule has 0 aliphatic carbocycles. The highest BCUT2D eigenvalue weighted by molar-refractivity contribution is 5.78. The second-order valence-corrected chi connectivity index (χ2v) is 8.50. The van der Waals surface area contributed by atoms with E-state index in [2.05, 4.69) is 15.0 Å². The molecule has 1 aromatic heterocycles. The van der Waals surface area contributed by atoms with E-state index in [1.807, 2.05) is 0 Å². The molecule has 0 atom stereocenters. The lowest BCUT2D eigenvalue weighted by molar-refractivity contribution is 0.477. The Morgan fingerprint density at radius 2 is 0.682 bits per heavy atom. The molecule has 0 saturated carbocycles. The zero-order valence-electron chi connectivity index (χ0n) is 46.7. The highest BCUT2D eigenvalue weighted by Gasteiger charge is 2.15. The maximum Gasteiger partial charge on any atom is 0.164 e. The van der Waals surface area contributed by atoms with Crippen LogP contribution in [0, 0.1) is 0 Å². The Morgan fingerprint density at radius 1 is 0.341 bits per heavy atom. The number of hydrogen-bond donors (Lipinski definition) is 2. The average Bonchev–Trinajstić information content (AvgIpc) is 3.31. The molecule has 210 valence electrons. The smallest absolute Gasteiger partial charge is 0.164 e. The van der Waals surface area contributed by atoms with E-state index < -0.39 is 230 Å². The molecule has 0 fully saturated rings. The number of phenols is 2. The maximum absolute atomic E-state index is 11.0. The molecule has 0 unspecified atom stereocenters. The van der Waals surface area contributed by atoms with Gasteiger partial charge in [0.05, 0.1) is 34.3 Å². The zero-order valence-corrected chi connectivity index (χ0v) is 21.7. The quantitative estimate of drug-likeness (QED) is 0.201. The lowest BCUT2D eigenvalue weighted by atomic mass is 10.0. The minimum atomic E-state index is -1.19. The van der Waals surface area contributed by atoms with E-state index in [-0.39, 0.29) is 0 Å². The maximum atomic E-state index is 11.0. The molecule has 0 amide bonds. The molecule has 0 radical (unpaired) electrons. The van der Waals surface area contributed by atoms with E-state index in [0.29, 0.717) is 0 Å². The molecule has 1 heterocycles. The van der Waals surface area contributed by atoms with Crippen molar-refractivity contribution in [2.75, 3.05) is 0 Å². The molecule has 0 spiro atoms. The summed E-state index contributed by atoms with van der Waals surface area (Å²) in [6.45, 7) is 0.